The van der Waals surface area contributed by atoms with E-state index in [9.17, 15) is 44.7 Å². The first kappa shape index (κ1) is 40.9. The summed E-state index contributed by atoms with van der Waals surface area (Å²) in [5.41, 5.74) is 6.56. The van der Waals surface area contributed by atoms with Crippen LogP contribution in [0.5, 0.6) is 0 Å². The first-order valence-corrected chi connectivity index (χ1v) is 20.5. The Morgan fingerprint density at radius 3 is 2.25 bits per heavy atom. The van der Waals surface area contributed by atoms with E-state index in [4.69, 9.17) is 22.3 Å². The third-order valence-electron chi connectivity index (χ3n) is 10.5. The van der Waals surface area contributed by atoms with E-state index >= 15 is 0 Å². The van der Waals surface area contributed by atoms with E-state index in [1.54, 1.807) is 4.90 Å². The number of halogens is 7. The molecule has 20 heteroatoms. The number of aromatic nitrogens is 5. The van der Waals surface area contributed by atoms with Gasteiger partial charge in [0.2, 0.25) is 15.9 Å². The summed E-state index contributed by atoms with van der Waals surface area (Å²) in [4.78, 5) is 26.1. The van der Waals surface area contributed by atoms with E-state index in [0.29, 0.717) is 11.8 Å². The number of fused-ring (bicyclic) bond motifs is 2. The predicted octanol–water partition coefficient (Wildman–Crippen LogP) is 6.19. The van der Waals surface area contributed by atoms with Gasteiger partial charge in [0.15, 0.2) is 11.5 Å². The Bertz CT molecular complexity index is 2500. The molecule has 306 valence electrons. The van der Waals surface area contributed by atoms with E-state index < -0.39 is 57.6 Å². The molecule has 1 aliphatic heterocycles. The van der Waals surface area contributed by atoms with Crippen molar-refractivity contribution in [3.05, 3.63) is 86.1 Å². The Labute approximate surface area is 327 Å². The third-order valence-corrected chi connectivity index (χ3v) is 11.4. The molecular formula is C37H39ClF6N8O4S. The van der Waals surface area contributed by atoms with Crippen molar-refractivity contribution < 1.29 is 39.9 Å². The van der Waals surface area contributed by atoms with Crippen LogP contribution in [0.3, 0.4) is 0 Å². The van der Waals surface area contributed by atoms with Crippen molar-refractivity contribution in [3.63, 3.8) is 0 Å². The summed E-state index contributed by atoms with van der Waals surface area (Å²) in [7, 11) is -3.95. The van der Waals surface area contributed by atoms with Crippen molar-refractivity contribution >= 4 is 49.4 Å². The lowest BCUT2D eigenvalue weighted by molar-refractivity contribution is -0.0555. The second kappa shape index (κ2) is 15.5. The van der Waals surface area contributed by atoms with Gasteiger partial charge in [-0.3, -0.25) is 18.8 Å². The second-order valence-electron chi connectivity index (χ2n) is 14.8. The van der Waals surface area contributed by atoms with Crippen LogP contribution in [0.15, 0.2) is 41.2 Å². The number of benzene rings is 2. The van der Waals surface area contributed by atoms with Crippen LogP contribution in [-0.4, -0.2) is 80.5 Å². The molecule has 4 N–H and O–H groups in total. The van der Waals surface area contributed by atoms with Crippen LogP contribution in [0.25, 0.3) is 27.6 Å². The maximum atomic E-state index is 15.0. The molecule has 0 amide bonds. The van der Waals surface area contributed by atoms with E-state index in [1.807, 2.05) is 0 Å². The van der Waals surface area contributed by atoms with Gasteiger partial charge in [-0.25, -0.2) is 44.7 Å². The fraction of sp³-hybridized carbons (Fsp3) is 0.459. The van der Waals surface area contributed by atoms with Gasteiger partial charge in [0.25, 0.3) is 11.5 Å². The molecule has 1 atom stereocenters. The van der Waals surface area contributed by atoms with E-state index in [1.165, 1.54) is 22.9 Å². The molecule has 1 saturated carbocycles. The highest BCUT2D eigenvalue weighted by Gasteiger charge is 2.37. The summed E-state index contributed by atoms with van der Waals surface area (Å²) in [6.07, 6.45) is -0.588. The molecule has 57 heavy (non-hydrogen) atoms. The van der Waals surface area contributed by atoms with E-state index in [2.05, 4.69) is 14.8 Å². The molecule has 12 nitrogen and oxygen atoms in total. The molecule has 0 bridgehead atoms. The van der Waals surface area contributed by atoms with Crippen molar-refractivity contribution in [1.29, 1.82) is 0 Å². The summed E-state index contributed by atoms with van der Waals surface area (Å²) >= 11 is 6.70. The first-order valence-electron chi connectivity index (χ1n) is 18.2. The molecule has 0 radical (unpaired) electrons. The molecule has 0 unspecified atom stereocenters. The predicted molar refractivity (Wildman–Crippen MR) is 202 cm³/mol. The maximum absolute atomic E-state index is 15.0. The lowest BCUT2D eigenvalue weighted by atomic mass is 9.84. The van der Waals surface area contributed by atoms with Gasteiger partial charge in [-0.2, -0.15) is 5.10 Å². The highest BCUT2D eigenvalue weighted by molar-refractivity contribution is 7.92. The summed E-state index contributed by atoms with van der Waals surface area (Å²) in [6.45, 7) is -0.263. The molecule has 2 aliphatic rings. The Kier molecular flexibility index (Phi) is 11.1. The largest absolute Gasteiger partial charge is 0.392 e. The van der Waals surface area contributed by atoms with Crippen molar-refractivity contribution in [3.8, 4) is 5.69 Å². The number of likely N-dealkylation sites (tertiary alicyclic amines) is 1. The standard InChI is InChI=1S/C37H39ClF6N8O4S/c1-57(55,56)49-33-30-25(38)2-3-28(31(30)51(48-33)13-12-50-10-8-37(43,44)9-11-50)52-34(26(45)16-20-14-23(39)18-24(40)15-20)47-32-29(35(52)54)22(19-53)17-27(46-32)21-4-6-36(41,42)7-5-21/h2-3,14-15,17-18,21,26,53H,4-13,16,19,45H2,1H3,(H,48,49)/t26-/m0/s1. The number of sulfonamides is 1. The van der Waals surface area contributed by atoms with Gasteiger partial charge in [0.1, 0.15) is 17.5 Å². The summed E-state index contributed by atoms with van der Waals surface area (Å²) < 4.78 is 115. The number of piperidine rings is 1. The highest BCUT2D eigenvalue weighted by Crippen LogP contribution is 2.41. The molecule has 7 rings (SSSR count). The Balaban J connectivity index is 1.45. The van der Waals surface area contributed by atoms with Crippen LogP contribution in [-0.2, 0) is 29.6 Å². The lowest BCUT2D eigenvalue weighted by Crippen LogP contribution is -2.40. The normalized spacial score (nSPS) is 18.4. The van der Waals surface area contributed by atoms with Crippen LogP contribution >= 0.6 is 11.6 Å². The summed E-state index contributed by atoms with van der Waals surface area (Å²) in [6, 6.07) is 5.89. The SMILES string of the molecule is CS(=O)(=O)Nc1nn(CCN2CCC(F)(F)CC2)c2c(-n3c([C@@H](N)Cc4cc(F)cc(F)c4)nc4nc(C5CCC(F)(F)CC5)cc(CO)c4c3=O)ccc(Cl)c12. The summed E-state index contributed by atoms with van der Waals surface area (Å²) in [5, 5.41) is 15.1. The first-order chi connectivity index (χ1) is 26.8. The molecule has 4 heterocycles. The number of rotatable bonds is 11. The minimum Gasteiger partial charge on any atom is -0.392 e. The van der Waals surface area contributed by atoms with Crippen molar-refractivity contribution in [2.24, 2.45) is 5.73 Å². The number of hydrogen-bond acceptors (Lipinski definition) is 9. The average Bonchev–Trinajstić information content (AvgIpc) is 3.47. The van der Waals surface area contributed by atoms with Gasteiger partial charge in [-0.15, -0.1) is 0 Å². The Morgan fingerprint density at radius 2 is 1.61 bits per heavy atom. The molecule has 3 aromatic heterocycles. The number of aliphatic hydroxyl groups excluding tert-OH is 1. The van der Waals surface area contributed by atoms with Crippen molar-refractivity contribution in [2.45, 2.75) is 81.9 Å². The molecule has 2 fully saturated rings. The van der Waals surface area contributed by atoms with Crippen molar-refractivity contribution in [2.75, 3.05) is 30.6 Å². The third kappa shape index (κ3) is 8.77. The van der Waals surface area contributed by atoms with Gasteiger partial charge in [-0.05, 0) is 60.7 Å². The highest BCUT2D eigenvalue weighted by atomic mass is 35.5. The smallest absolute Gasteiger partial charge is 0.268 e. The maximum Gasteiger partial charge on any atom is 0.268 e. The summed E-state index contributed by atoms with van der Waals surface area (Å²) in [5.74, 6) is -8.14. The van der Waals surface area contributed by atoms with Crippen LogP contribution < -0.4 is 16.0 Å². The van der Waals surface area contributed by atoms with Gasteiger partial charge in [-0.1, -0.05) is 11.6 Å². The monoisotopic (exact) mass is 840 g/mol. The van der Waals surface area contributed by atoms with Crippen LogP contribution in [0.1, 0.15) is 73.1 Å². The van der Waals surface area contributed by atoms with Crippen LogP contribution in [0.4, 0.5) is 32.2 Å². The molecule has 1 saturated heterocycles. The van der Waals surface area contributed by atoms with E-state index in [-0.39, 0.29) is 127 Å². The quantitative estimate of drug-likeness (QED) is 0.132. The number of hydrogen-bond donors (Lipinski definition) is 3. The van der Waals surface area contributed by atoms with E-state index in [0.717, 1.165) is 23.0 Å². The fourth-order valence-corrected chi connectivity index (χ4v) is 8.45. The Hall–Kier alpha value is -4.30. The number of nitrogens with two attached hydrogens (primary N) is 1. The molecule has 1 aliphatic carbocycles. The number of anilines is 1. The van der Waals surface area contributed by atoms with Crippen LogP contribution in [0, 0.1) is 11.6 Å². The topological polar surface area (TPSA) is 161 Å². The minimum absolute atomic E-state index is 0.0216. The number of nitrogens with zero attached hydrogens (tertiary/aromatic N) is 6. The zero-order valence-corrected chi connectivity index (χ0v) is 32.2. The molecule has 2 aromatic carbocycles. The zero-order valence-electron chi connectivity index (χ0n) is 30.6. The number of pyridine rings is 1. The number of aliphatic hydroxyl groups is 1. The molecule has 5 aromatic rings. The minimum atomic E-state index is -3.95. The average molecular weight is 841 g/mol. The zero-order chi connectivity index (χ0) is 41.0. The molecular weight excluding hydrogens is 802 g/mol. The fourth-order valence-electron chi connectivity index (χ4n) is 7.71. The van der Waals surface area contributed by atoms with Gasteiger partial charge < -0.3 is 15.7 Å². The van der Waals surface area contributed by atoms with Gasteiger partial charge in [0.05, 0.1) is 52.4 Å². The second-order valence-corrected chi connectivity index (χ2v) is 17.0. The molecule has 0 spiro atoms. The lowest BCUT2D eigenvalue weighted by Gasteiger charge is -2.31. The van der Waals surface area contributed by atoms with Gasteiger partial charge in [0, 0.05) is 63.0 Å². The number of alkyl halides is 4. The number of nitrogens with one attached hydrogen (secondary N) is 1. The van der Waals surface area contributed by atoms with Crippen molar-refractivity contribution in [1.82, 2.24) is 29.2 Å². The Morgan fingerprint density at radius 1 is 0.965 bits per heavy atom. The van der Waals surface area contributed by atoms with Crippen LogP contribution in [0.2, 0.25) is 5.02 Å². The van der Waals surface area contributed by atoms with Gasteiger partial charge >= 0.3 is 0 Å².